The summed E-state index contributed by atoms with van der Waals surface area (Å²) in [5, 5.41) is 5.90. The lowest BCUT2D eigenvalue weighted by Gasteiger charge is -2.06. The smallest absolute Gasteiger partial charge is 0.228 e. The molecule has 7 heteroatoms. The van der Waals surface area contributed by atoms with E-state index in [1.165, 1.54) is 23.5 Å². The number of carbonyl (C=O) groups is 2. The second-order valence-electron chi connectivity index (χ2n) is 5.82. The number of amides is 2. The molecular formula is C19H18FN3O2S. The molecule has 0 aliphatic heterocycles. The van der Waals surface area contributed by atoms with Crippen molar-refractivity contribution in [1.82, 2.24) is 4.98 Å². The highest BCUT2D eigenvalue weighted by molar-refractivity contribution is 7.22. The second-order valence-corrected chi connectivity index (χ2v) is 6.85. The number of carbonyl (C=O) groups excluding carboxylic acids is 2. The predicted octanol–water partition coefficient (Wildman–Crippen LogP) is 4.36. The molecule has 0 fully saturated rings. The average Bonchev–Trinajstić information content (AvgIpc) is 2.98. The molecule has 0 saturated carbocycles. The fourth-order valence-electron chi connectivity index (χ4n) is 2.48. The van der Waals surface area contributed by atoms with Crippen LogP contribution in [0, 0.1) is 5.82 Å². The Hall–Kier alpha value is -2.80. The molecule has 0 saturated heterocycles. The Bertz CT molecular complexity index is 955. The van der Waals surface area contributed by atoms with E-state index < -0.39 is 5.82 Å². The number of anilines is 2. The average molecular weight is 371 g/mol. The highest BCUT2D eigenvalue weighted by Gasteiger charge is 2.11. The lowest BCUT2D eigenvalue weighted by Crippen LogP contribution is -2.15. The van der Waals surface area contributed by atoms with Gasteiger partial charge in [0.1, 0.15) is 5.82 Å². The van der Waals surface area contributed by atoms with E-state index in [9.17, 15) is 14.0 Å². The summed E-state index contributed by atoms with van der Waals surface area (Å²) in [4.78, 5) is 28.2. The van der Waals surface area contributed by atoms with E-state index in [1.54, 1.807) is 18.2 Å². The van der Waals surface area contributed by atoms with Gasteiger partial charge in [-0.1, -0.05) is 36.5 Å². The molecule has 3 rings (SSSR count). The number of benzene rings is 2. The summed E-state index contributed by atoms with van der Waals surface area (Å²) in [7, 11) is 0. The monoisotopic (exact) mass is 371 g/mol. The van der Waals surface area contributed by atoms with Gasteiger partial charge < -0.3 is 10.6 Å². The number of hydrogen-bond acceptors (Lipinski definition) is 4. The third-order valence-electron chi connectivity index (χ3n) is 3.69. The summed E-state index contributed by atoms with van der Waals surface area (Å²) < 4.78 is 14.5. The van der Waals surface area contributed by atoms with Gasteiger partial charge >= 0.3 is 0 Å². The number of nitrogens with zero attached hydrogens (tertiary/aromatic N) is 1. The lowest BCUT2D eigenvalue weighted by molar-refractivity contribution is -0.116. The zero-order valence-electron chi connectivity index (χ0n) is 14.2. The molecule has 0 bridgehead atoms. The van der Waals surface area contributed by atoms with Gasteiger partial charge in [0.05, 0.1) is 22.3 Å². The van der Waals surface area contributed by atoms with E-state index >= 15 is 0 Å². The highest BCUT2D eigenvalue weighted by atomic mass is 32.1. The first-order valence-electron chi connectivity index (χ1n) is 8.29. The Morgan fingerprint density at radius 3 is 2.69 bits per heavy atom. The standard InChI is InChI=1S/C19H18FN3O2S/c1-2-5-17(24)23-19-22-15-9-8-12(10-16(15)26-19)11-18(25)21-14-7-4-3-6-13(14)20/h3-4,6-10H,2,5,11H2,1H3,(H,21,25)(H,22,23,24). The minimum absolute atomic E-state index is 0.0592. The van der Waals surface area contributed by atoms with Crippen molar-refractivity contribution in [3.05, 3.63) is 53.8 Å². The minimum atomic E-state index is -0.466. The van der Waals surface area contributed by atoms with Crippen LogP contribution < -0.4 is 10.6 Å². The predicted molar refractivity (Wildman–Crippen MR) is 102 cm³/mol. The maximum absolute atomic E-state index is 13.6. The Labute approximate surface area is 154 Å². The van der Waals surface area contributed by atoms with Crippen LogP contribution in [0.3, 0.4) is 0 Å². The molecule has 5 nitrogen and oxygen atoms in total. The number of aromatic nitrogens is 1. The van der Waals surface area contributed by atoms with Gasteiger partial charge in [-0.05, 0) is 36.2 Å². The van der Waals surface area contributed by atoms with Crippen molar-refractivity contribution in [3.8, 4) is 0 Å². The number of rotatable bonds is 6. The third-order valence-corrected chi connectivity index (χ3v) is 4.62. The number of fused-ring (bicyclic) bond motifs is 1. The molecule has 26 heavy (non-hydrogen) atoms. The Morgan fingerprint density at radius 1 is 1.12 bits per heavy atom. The Kier molecular flexibility index (Phi) is 5.58. The number of para-hydroxylation sites is 1. The van der Waals surface area contributed by atoms with Gasteiger partial charge in [-0.2, -0.15) is 0 Å². The first-order chi connectivity index (χ1) is 12.5. The zero-order chi connectivity index (χ0) is 18.5. The molecule has 0 aliphatic carbocycles. The number of nitrogens with one attached hydrogen (secondary N) is 2. The largest absolute Gasteiger partial charge is 0.323 e. The zero-order valence-corrected chi connectivity index (χ0v) is 15.0. The molecule has 134 valence electrons. The van der Waals surface area contributed by atoms with Gasteiger partial charge in [0, 0.05) is 6.42 Å². The molecule has 0 aliphatic rings. The van der Waals surface area contributed by atoms with Crippen molar-refractivity contribution in [2.75, 3.05) is 10.6 Å². The summed E-state index contributed by atoms with van der Waals surface area (Å²) in [6, 6.07) is 11.5. The number of hydrogen-bond donors (Lipinski definition) is 2. The molecule has 0 spiro atoms. The van der Waals surface area contributed by atoms with Crippen molar-refractivity contribution in [3.63, 3.8) is 0 Å². The SMILES string of the molecule is CCCC(=O)Nc1nc2ccc(CC(=O)Nc3ccccc3F)cc2s1. The van der Waals surface area contributed by atoms with Crippen LogP contribution in [0.4, 0.5) is 15.2 Å². The third kappa shape index (κ3) is 4.43. The normalized spacial score (nSPS) is 10.7. The highest BCUT2D eigenvalue weighted by Crippen LogP contribution is 2.27. The van der Waals surface area contributed by atoms with Crippen LogP contribution in [0.5, 0.6) is 0 Å². The van der Waals surface area contributed by atoms with Gasteiger partial charge in [-0.3, -0.25) is 9.59 Å². The first kappa shape index (κ1) is 18.0. The van der Waals surface area contributed by atoms with E-state index in [4.69, 9.17) is 0 Å². The molecular weight excluding hydrogens is 353 g/mol. The van der Waals surface area contributed by atoms with E-state index in [1.807, 2.05) is 19.1 Å². The summed E-state index contributed by atoms with van der Waals surface area (Å²) in [6.45, 7) is 1.94. The second kappa shape index (κ2) is 8.05. The van der Waals surface area contributed by atoms with Crippen LogP contribution in [0.1, 0.15) is 25.3 Å². The van der Waals surface area contributed by atoms with Crippen molar-refractivity contribution >= 4 is 44.2 Å². The summed E-state index contributed by atoms with van der Waals surface area (Å²) in [6.07, 6.45) is 1.36. The van der Waals surface area contributed by atoms with E-state index in [0.717, 1.165) is 22.2 Å². The molecule has 0 radical (unpaired) electrons. The van der Waals surface area contributed by atoms with Gasteiger partial charge in [0.2, 0.25) is 11.8 Å². The molecule has 2 aromatic carbocycles. The van der Waals surface area contributed by atoms with E-state index in [2.05, 4.69) is 15.6 Å². The minimum Gasteiger partial charge on any atom is -0.323 e. The van der Waals surface area contributed by atoms with E-state index in [0.29, 0.717) is 11.6 Å². The molecule has 3 aromatic rings. The van der Waals surface area contributed by atoms with Crippen LogP contribution in [-0.2, 0) is 16.0 Å². The first-order valence-corrected chi connectivity index (χ1v) is 9.10. The van der Waals surface area contributed by atoms with Gasteiger partial charge in [0.15, 0.2) is 5.13 Å². The van der Waals surface area contributed by atoms with Gasteiger partial charge in [-0.15, -0.1) is 0 Å². The molecule has 0 unspecified atom stereocenters. The van der Waals surface area contributed by atoms with E-state index in [-0.39, 0.29) is 23.9 Å². The van der Waals surface area contributed by atoms with Crippen molar-refractivity contribution < 1.29 is 14.0 Å². The van der Waals surface area contributed by atoms with Gasteiger partial charge in [-0.25, -0.2) is 9.37 Å². The molecule has 1 aromatic heterocycles. The van der Waals surface area contributed by atoms with Gasteiger partial charge in [0.25, 0.3) is 0 Å². The van der Waals surface area contributed by atoms with Crippen LogP contribution in [-0.4, -0.2) is 16.8 Å². The summed E-state index contributed by atoms with van der Waals surface area (Å²) in [5.41, 5.74) is 1.72. The van der Waals surface area contributed by atoms with Crippen LogP contribution in [0.15, 0.2) is 42.5 Å². The van der Waals surface area contributed by atoms with Crippen LogP contribution >= 0.6 is 11.3 Å². The van der Waals surface area contributed by atoms with Crippen molar-refractivity contribution in [2.45, 2.75) is 26.2 Å². The maximum Gasteiger partial charge on any atom is 0.228 e. The van der Waals surface area contributed by atoms with Crippen molar-refractivity contribution in [2.24, 2.45) is 0 Å². The fraction of sp³-hybridized carbons (Fsp3) is 0.211. The Balaban J connectivity index is 1.69. The molecule has 0 atom stereocenters. The quantitative estimate of drug-likeness (QED) is 0.676. The van der Waals surface area contributed by atoms with Crippen LogP contribution in [0.2, 0.25) is 0 Å². The topological polar surface area (TPSA) is 71.1 Å². The van der Waals surface area contributed by atoms with Crippen molar-refractivity contribution in [1.29, 1.82) is 0 Å². The summed E-state index contributed by atoms with van der Waals surface area (Å²) >= 11 is 1.36. The number of thiazole rings is 1. The maximum atomic E-state index is 13.6. The lowest BCUT2D eigenvalue weighted by atomic mass is 10.1. The Morgan fingerprint density at radius 2 is 1.92 bits per heavy atom. The molecule has 2 N–H and O–H groups in total. The molecule has 1 heterocycles. The summed E-state index contributed by atoms with van der Waals surface area (Å²) in [5.74, 6) is -0.822. The molecule has 2 amide bonds. The fourth-order valence-corrected chi connectivity index (χ4v) is 3.43. The number of halogens is 1. The van der Waals surface area contributed by atoms with Crippen LogP contribution in [0.25, 0.3) is 10.2 Å².